The van der Waals surface area contributed by atoms with Crippen molar-refractivity contribution in [2.24, 2.45) is 0 Å². The second-order valence-corrected chi connectivity index (χ2v) is 4.37. The molecule has 3 rings (SSSR count). The minimum atomic E-state index is 0.828. The molecule has 0 saturated carbocycles. The van der Waals surface area contributed by atoms with E-state index in [1.54, 1.807) is 0 Å². The van der Waals surface area contributed by atoms with Gasteiger partial charge < -0.3 is 15.6 Å². The van der Waals surface area contributed by atoms with Crippen LogP contribution >= 0.6 is 0 Å². The molecule has 1 aromatic carbocycles. The first-order chi connectivity index (χ1) is 7.24. The van der Waals surface area contributed by atoms with Crippen LogP contribution in [0.1, 0.15) is 11.3 Å². The Labute approximate surface area is 88.9 Å². The second-order valence-electron chi connectivity index (χ2n) is 4.37. The van der Waals surface area contributed by atoms with E-state index in [4.69, 9.17) is 5.73 Å². The zero-order valence-electron chi connectivity index (χ0n) is 8.88. The Balaban J connectivity index is 2.23. The molecule has 2 heterocycles. The number of hydrogen-bond donors (Lipinski definition) is 2. The SMILES string of the molecule is CN1CCc2c([nH]c3cc(N)ccc23)C1. The van der Waals surface area contributed by atoms with Crippen LogP contribution < -0.4 is 5.73 Å². The van der Waals surface area contributed by atoms with Crippen molar-refractivity contribution in [2.75, 3.05) is 19.3 Å². The largest absolute Gasteiger partial charge is 0.399 e. The lowest BCUT2D eigenvalue weighted by Crippen LogP contribution is -2.26. The summed E-state index contributed by atoms with van der Waals surface area (Å²) >= 11 is 0. The topological polar surface area (TPSA) is 45.0 Å². The fourth-order valence-electron chi connectivity index (χ4n) is 2.40. The number of fused-ring (bicyclic) bond motifs is 3. The molecule has 3 heteroatoms. The Kier molecular flexibility index (Phi) is 1.76. The van der Waals surface area contributed by atoms with Crippen LogP contribution in [0.3, 0.4) is 0 Å². The molecule has 3 N–H and O–H groups in total. The third-order valence-corrected chi connectivity index (χ3v) is 3.19. The monoisotopic (exact) mass is 201 g/mol. The lowest BCUT2D eigenvalue weighted by molar-refractivity contribution is 0.310. The molecule has 15 heavy (non-hydrogen) atoms. The van der Waals surface area contributed by atoms with Gasteiger partial charge in [-0.1, -0.05) is 6.07 Å². The maximum Gasteiger partial charge on any atom is 0.0479 e. The zero-order valence-corrected chi connectivity index (χ0v) is 8.88. The highest BCUT2D eigenvalue weighted by Gasteiger charge is 2.17. The summed E-state index contributed by atoms with van der Waals surface area (Å²) in [7, 11) is 2.16. The Morgan fingerprint density at radius 3 is 3.13 bits per heavy atom. The number of benzene rings is 1. The number of nitrogens with zero attached hydrogens (tertiary/aromatic N) is 1. The summed E-state index contributed by atoms with van der Waals surface area (Å²) in [6, 6.07) is 6.13. The minimum absolute atomic E-state index is 0.828. The Hall–Kier alpha value is -1.48. The van der Waals surface area contributed by atoms with Gasteiger partial charge in [-0.25, -0.2) is 0 Å². The predicted molar refractivity (Wildman–Crippen MR) is 62.7 cm³/mol. The van der Waals surface area contributed by atoms with Crippen molar-refractivity contribution in [3.63, 3.8) is 0 Å². The van der Waals surface area contributed by atoms with Crippen LogP contribution in [0.25, 0.3) is 10.9 Å². The Morgan fingerprint density at radius 2 is 2.27 bits per heavy atom. The van der Waals surface area contributed by atoms with Gasteiger partial charge in [0.2, 0.25) is 0 Å². The molecule has 0 radical (unpaired) electrons. The molecular weight excluding hydrogens is 186 g/mol. The van der Waals surface area contributed by atoms with E-state index in [2.05, 4.69) is 23.0 Å². The van der Waals surface area contributed by atoms with Crippen LogP contribution in [0.15, 0.2) is 18.2 Å². The van der Waals surface area contributed by atoms with Crippen molar-refractivity contribution in [3.05, 3.63) is 29.5 Å². The summed E-state index contributed by atoms with van der Waals surface area (Å²) < 4.78 is 0. The standard InChI is InChI=1S/C12H15N3/c1-15-5-4-10-9-3-2-8(13)6-11(9)14-12(10)7-15/h2-3,6,14H,4-5,7,13H2,1H3. The lowest BCUT2D eigenvalue weighted by atomic mass is 10.0. The number of anilines is 1. The predicted octanol–water partition coefficient (Wildman–Crippen LogP) is 1.74. The Bertz CT molecular complexity index is 513. The molecule has 0 amide bonds. The van der Waals surface area contributed by atoms with Gasteiger partial charge in [-0.05, 0) is 31.2 Å². The van der Waals surface area contributed by atoms with Crippen LogP contribution in [0.4, 0.5) is 5.69 Å². The molecular formula is C12H15N3. The minimum Gasteiger partial charge on any atom is -0.399 e. The van der Waals surface area contributed by atoms with Gasteiger partial charge in [-0.3, -0.25) is 0 Å². The molecule has 1 aliphatic heterocycles. The zero-order chi connectivity index (χ0) is 10.4. The van der Waals surface area contributed by atoms with Crippen molar-refractivity contribution in [1.82, 2.24) is 9.88 Å². The molecule has 0 saturated heterocycles. The van der Waals surface area contributed by atoms with Gasteiger partial charge in [0.05, 0.1) is 0 Å². The fraction of sp³-hybridized carbons (Fsp3) is 0.333. The number of aromatic amines is 1. The first-order valence-corrected chi connectivity index (χ1v) is 5.31. The van der Waals surface area contributed by atoms with Gasteiger partial charge in [0.25, 0.3) is 0 Å². The van der Waals surface area contributed by atoms with E-state index in [0.29, 0.717) is 0 Å². The maximum atomic E-state index is 5.78. The Morgan fingerprint density at radius 1 is 1.40 bits per heavy atom. The molecule has 0 unspecified atom stereocenters. The average Bonchev–Trinajstić information content (AvgIpc) is 2.53. The highest BCUT2D eigenvalue weighted by molar-refractivity contribution is 5.87. The summed E-state index contributed by atoms with van der Waals surface area (Å²) in [5.41, 5.74) is 10.6. The quantitative estimate of drug-likeness (QED) is 0.638. The first-order valence-electron chi connectivity index (χ1n) is 5.31. The van der Waals surface area contributed by atoms with Crippen molar-refractivity contribution >= 4 is 16.6 Å². The number of aromatic nitrogens is 1. The van der Waals surface area contributed by atoms with E-state index >= 15 is 0 Å². The average molecular weight is 201 g/mol. The molecule has 2 aromatic rings. The molecule has 0 atom stereocenters. The summed E-state index contributed by atoms with van der Waals surface area (Å²) in [5, 5.41) is 1.34. The van der Waals surface area contributed by atoms with Gasteiger partial charge in [-0.2, -0.15) is 0 Å². The van der Waals surface area contributed by atoms with Gasteiger partial charge in [-0.15, -0.1) is 0 Å². The number of rotatable bonds is 0. The van der Waals surface area contributed by atoms with Gasteiger partial charge in [0, 0.05) is 35.4 Å². The number of nitrogens with two attached hydrogens (primary N) is 1. The number of nitrogens with one attached hydrogen (secondary N) is 1. The van der Waals surface area contributed by atoms with E-state index in [1.807, 2.05) is 12.1 Å². The number of H-pyrrole nitrogens is 1. The fourth-order valence-corrected chi connectivity index (χ4v) is 2.40. The second kappa shape index (κ2) is 3.00. The summed E-state index contributed by atoms with van der Waals surface area (Å²) in [6.45, 7) is 2.16. The summed E-state index contributed by atoms with van der Waals surface area (Å²) in [4.78, 5) is 5.80. The van der Waals surface area contributed by atoms with Crippen LogP contribution in [0, 0.1) is 0 Å². The molecule has 0 bridgehead atoms. The van der Waals surface area contributed by atoms with E-state index in [1.165, 1.54) is 22.2 Å². The van der Waals surface area contributed by atoms with Crippen LogP contribution in [0.5, 0.6) is 0 Å². The van der Waals surface area contributed by atoms with Crippen molar-refractivity contribution in [2.45, 2.75) is 13.0 Å². The van der Waals surface area contributed by atoms with E-state index in [9.17, 15) is 0 Å². The smallest absolute Gasteiger partial charge is 0.0479 e. The first kappa shape index (κ1) is 8.80. The molecule has 3 nitrogen and oxygen atoms in total. The number of hydrogen-bond acceptors (Lipinski definition) is 2. The highest BCUT2D eigenvalue weighted by Crippen LogP contribution is 2.28. The van der Waals surface area contributed by atoms with Gasteiger partial charge in [0.15, 0.2) is 0 Å². The van der Waals surface area contributed by atoms with Crippen LogP contribution in [0.2, 0.25) is 0 Å². The maximum absolute atomic E-state index is 5.78. The van der Waals surface area contributed by atoms with E-state index < -0.39 is 0 Å². The highest BCUT2D eigenvalue weighted by atomic mass is 15.1. The van der Waals surface area contributed by atoms with Crippen LogP contribution in [-0.2, 0) is 13.0 Å². The number of nitrogen functional groups attached to an aromatic ring is 1. The molecule has 1 aromatic heterocycles. The molecule has 78 valence electrons. The van der Waals surface area contributed by atoms with Crippen molar-refractivity contribution in [3.8, 4) is 0 Å². The molecule has 0 aliphatic carbocycles. The van der Waals surface area contributed by atoms with Gasteiger partial charge in [0.1, 0.15) is 0 Å². The van der Waals surface area contributed by atoms with E-state index in [-0.39, 0.29) is 0 Å². The summed E-state index contributed by atoms with van der Waals surface area (Å²) in [5.74, 6) is 0. The third-order valence-electron chi connectivity index (χ3n) is 3.19. The van der Waals surface area contributed by atoms with E-state index in [0.717, 1.165) is 25.2 Å². The van der Waals surface area contributed by atoms with Crippen molar-refractivity contribution in [1.29, 1.82) is 0 Å². The number of likely N-dealkylation sites (N-methyl/N-ethyl adjacent to an activating group) is 1. The lowest BCUT2D eigenvalue weighted by Gasteiger charge is -2.22. The van der Waals surface area contributed by atoms with Gasteiger partial charge >= 0.3 is 0 Å². The molecule has 1 aliphatic rings. The summed E-state index contributed by atoms with van der Waals surface area (Å²) in [6.07, 6.45) is 1.13. The van der Waals surface area contributed by atoms with Crippen LogP contribution in [-0.4, -0.2) is 23.5 Å². The molecule has 0 fully saturated rings. The van der Waals surface area contributed by atoms with Crippen molar-refractivity contribution < 1.29 is 0 Å². The third kappa shape index (κ3) is 1.31. The normalized spacial score (nSPS) is 16.9. The molecule has 0 spiro atoms.